The van der Waals surface area contributed by atoms with Crippen molar-refractivity contribution in [2.75, 3.05) is 19.6 Å². The Bertz CT molecular complexity index is 410. The van der Waals surface area contributed by atoms with Gasteiger partial charge in [0.15, 0.2) is 0 Å². The van der Waals surface area contributed by atoms with Crippen LogP contribution in [-0.4, -0.2) is 47.3 Å². The summed E-state index contributed by atoms with van der Waals surface area (Å²) in [5.41, 5.74) is 0. The van der Waals surface area contributed by atoms with Crippen LogP contribution in [0.2, 0.25) is 0 Å². The van der Waals surface area contributed by atoms with Crippen LogP contribution in [0.15, 0.2) is 0 Å². The Morgan fingerprint density at radius 1 is 1.00 bits per heavy atom. The fraction of sp³-hybridized carbons (Fsp3) is 0.882. The van der Waals surface area contributed by atoms with Gasteiger partial charge in [-0.1, -0.05) is 26.2 Å². The Morgan fingerprint density at radius 2 is 1.76 bits per heavy atom. The molecular formula is C17H28N2O2. The highest BCUT2D eigenvalue weighted by atomic mass is 16.2. The molecule has 1 saturated carbocycles. The second-order valence-electron chi connectivity index (χ2n) is 7.15. The van der Waals surface area contributed by atoms with E-state index in [1.165, 1.54) is 25.7 Å². The minimum absolute atomic E-state index is 0.160. The molecule has 2 aliphatic heterocycles. The second kappa shape index (κ2) is 6.37. The highest BCUT2D eigenvalue weighted by molar-refractivity contribution is 5.90. The quantitative estimate of drug-likeness (QED) is 0.784. The Kier molecular flexibility index (Phi) is 4.51. The summed E-state index contributed by atoms with van der Waals surface area (Å²) >= 11 is 0. The number of amides is 2. The summed E-state index contributed by atoms with van der Waals surface area (Å²) in [6.45, 7) is 4.61. The van der Waals surface area contributed by atoms with E-state index < -0.39 is 0 Å². The molecule has 0 aromatic rings. The average Bonchev–Trinajstić information content (AvgIpc) is 2.62. The van der Waals surface area contributed by atoms with Crippen LogP contribution in [0.4, 0.5) is 0 Å². The first-order valence-corrected chi connectivity index (χ1v) is 8.75. The van der Waals surface area contributed by atoms with Crippen molar-refractivity contribution in [3.05, 3.63) is 0 Å². The predicted molar refractivity (Wildman–Crippen MR) is 81.7 cm³/mol. The molecule has 0 radical (unpaired) electrons. The summed E-state index contributed by atoms with van der Waals surface area (Å²) in [5, 5.41) is 0. The van der Waals surface area contributed by atoms with Crippen LogP contribution in [0.1, 0.15) is 58.3 Å². The van der Waals surface area contributed by atoms with E-state index in [1.807, 2.05) is 9.80 Å². The molecule has 1 aliphatic carbocycles. The molecule has 21 heavy (non-hydrogen) atoms. The number of carbonyl (C=O) groups is 2. The van der Waals surface area contributed by atoms with Crippen LogP contribution >= 0.6 is 0 Å². The Morgan fingerprint density at radius 3 is 2.57 bits per heavy atom. The minimum atomic E-state index is -0.160. The van der Waals surface area contributed by atoms with Crippen molar-refractivity contribution >= 4 is 11.8 Å². The molecule has 3 aliphatic rings. The van der Waals surface area contributed by atoms with Crippen LogP contribution < -0.4 is 0 Å². The lowest BCUT2D eigenvalue weighted by atomic mass is 9.80. The zero-order chi connectivity index (χ0) is 14.8. The summed E-state index contributed by atoms with van der Waals surface area (Å²) in [7, 11) is 0. The number of rotatable bonds is 2. The van der Waals surface area contributed by atoms with Crippen molar-refractivity contribution in [1.82, 2.24) is 9.80 Å². The van der Waals surface area contributed by atoms with Crippen LogP contribution in [-0.2, 0) is 9.59 Å². The monoisotopic (exact) mass is 292 g/mol. The van der Waals surface area contributed by atoms with E-state index in [2.05, 4.69) is 6.92 Å². The molecule has 3 atom stereocenters. The molecule has 3 fully saturated rings. The number of nitrogens with zero attached hydrogens (tertiary/aromatic N) is 2. The number of hydrogen-bond acceptors (Lipinski definition) is 2. The number of fused-ring (bicyclic) bond motifs is 1. The van der Waals surface area contributed by atoms with Gasteiger partial charge < -0.3 is 9.80 Å². The standard InChI is InChI=1S/C17H28N2O2/c1-13-6-2-3-7-14(13)12-18-11-9-16(20)19-10-5-4-8-15(19)17(18)21/h13-15H,2-12H2,1H3. The molecule has 3 unspecified atom stereocenters. The van der Waals surface area contributed by atoms with Gasteiger partial charge in [-0.05, 0) is 37.5 Å². The van der Waals surface area contributed by atoms with Gasteiger partial charge in [0, 0.05) is 26.1 Å². The predicted octanol–water partition coefficient (Wildman–Crippen LogP) is 2.43. The molecule has 118 valence electrons. The highest BCUT2D eigenvalue weighted by Gasteiger charge is 2.38. The average molecular weight is 292 g/mol. The van der Waals surface area contributed by atoms with Gasteiger partial charge in [0.2, 0.25) is 11.8 Å². The fourth-order valence-electron chi connectivity index (χ4n) is 4.31. The van der Waals surface area contributed by atoms with Crippen molar-refractivity contribution in [2.45, 2.75) is 64.3 Å². The van der Waals surface area contributed by atoms with Gasteiger partial charge in [-0.25, -0.2) is 0 Å². The molecule has 0 aromatic carbocycles. The smallest absolute Gasteiger partial charge is 0.245 e. The first-order valence-electron chi connectivity index (χ1n) is 8.75. The summed E-state index contributed by atoms with van der Waals surface area (Å²) < 4.78 is 0. The third kappa shape index (κ3) is 3.09. The van der Waals surface area contributed by atoms with Gasteiger partial charge in [-0.15, -0.1) is 0 Å². The summed E-state index contributed by atoms with van der Waals surface area (Å²) in [5.74, 6) is 1.76. The van der Waals surface area contributed by atoms with Gasteiger partial charge in [-0.3, -0.25) is 9.59 Å². The Labute approximate surface area is 127 Å². The Balaban J connectivity index is 1.70. The van der Waals surface area contributed by atoms with Gasteiger partial charge in [0.1, 0.15) is 6.04 Å². The lowest BCUT2D eigenvalue weighted by Gasteiger charge is -2.37. The topological polar surface area (TPSA) is 40.6 Å². The first kappa shape index (κ1) is 14.9. The number of piperidine rings is 1. The lowest BCUT2D eigenvalue weighted by Crippen LogP contribution is -2.50. The van der Waals surface area contributed by atoms with Crippen LogP contribution in [0, 0.1) is 11.8 Å². The molecule has 2 saturated heterocycles. The van der Waals surface area contributed by atoms with E-state index in [1.54, 1.807) is 0 Å². The van der Waals surface area contributed by atoms with Crippen molar-refractivity contribution in [2.24, 2.45) is 11.8 Å². The van der Waals surface area contributed by atoms with Crippen molar-refractivity contribution in [3.8, 4) is 0 Å². The van der Waals surface area contributed by atoms with Crippen molar-refractivity contribution < 1.29 is 9.59 Å². The molecule has 3 rings (SSSR count). The second-order valence-corrected chi connectivity index (χ2v) is 7.15. The molecular weight excluding hydrogens is 264 g/mol. The molecule has 4 heteroatoms. The van der Waals surface area contributed by atoms with Crippen LogP contribution in [0.3, 0.4) is 0 Å². The van der Waals surface area contributed by atoms with Crippen molar-refractivity contribution in [3.63, 3.8) is 0 Å². The minimum Gasteiger partial charge on any atom is -0.340 e. The Hall–Kier alpha value is -1.06. The lowest BCUT2D eigenvalue weighted by molar-refractivity contribution is -0.143. The number of carbonyl (C=O) groups excluding carboxylic acids is 2. The normalized spacial score (nSPS) is 34.6. The summed E-state index contributed by atoms with van der Waals surface area (Å²) in [4.78, 5) is 29.0. The molecule has 0 aromatic heterocycles. The summed E-state index contributed by atoms with van der Waals surface area (Å²) in [6, 6.07) is -0.160. The zero-order valence-electron chi connectivity index (χ0n) is 13.2. The van der Waals surface area contributed by atoms with Crippen LogP contribution in [0.5, 0.6) is 0 Å². The van der Waals surface area contributed by atoms with E-state index >= 15 is 0 Å². The molecule has 0 bridgehead atoms. The highest BCUT2D eigenvalue weighted by Crippen LogP contribution is 2.31. The first-order chi connectivity index (χ1) is 10.2. The van der Waals surface area contributed by atoms with E-state index in [4.69, 9.17) is 0 Å². The molecule has 4 nitrogen and oxygen atoms in total. The largest absolute Gasteiger partial charge is 0.340 e. The molecule has 2 heterocycles. The molecule has 0 spiro atoms. The van der Waals surface area contributed by atoms with E-state index in [0.29, 0.717) is 24.8 Å². The van der Waals surface area contributed by atoms with Crippen molar-refractivity contribution in [1.29, 1.82) is 0 Å². The van der Waals surface area contributed by atoms with Gasteiger partial charge in [0.25, 0.3) is 0 Å². The fourth-order valence-corrected chi connectivity index (χ4v) is 4.31. The van der Waals surface area contributed by atoms with E-state index in [9.17, 15) is 9.59 Å². The maximum Gasteiger partial charge on any atom is 0.245 e. The third-order valence-corrected chi connectivity index (χ3v) is 5.76. The maximum atomic E-state index is 12.8. The summed E-state index contributed by atoms with van der Waals surface area (Å²) in [6.07, 6.45) is 8.67. The van der Waals surface area contributed by atoms with Gasteiger partial charge in [0.05, 0.1) is 0 Å². The van der Waals surface area contributed by atoms with E-state index in [0.717, 1.165) is 32.4 Å². The SMILES string of the molecule is CC1CCCCC1CN1CCC(=O)N2CCCCC2C1=O. The third-order valence-electron chi connectivity index (χ3n) is 5.76. The van der Waals surface area contributed by atoms with E-state index in [-0.39, 0.29) is 17.9 Å². The van der Waals surface area contributed by atoms with Crippen LogP contribution in [0.25, 0.3) is 0 Å². The molecule has 0 N–H and O–H groups in total. The molecule has 2 amide bonds. The number of hydrogen-bond donors (Lipinski definition) is 0. The van der Waals surface area contributed by atoms with Gasteiger partial charge in [-0.2, -0.15) is 0 Å². The maximum absolute atomic E-state index is 12.8. The van der Waals surface area contributed by atoms with Gasteiger partial charge >= 0.3 is 0 Å². The zero-order valence-corrected chi connectivity index (χ0v) is 13.2.